The molecule has 0 amide bonds. The zero-order valence-electron chi connectivity index (χ0n) is 17.7. The molecule has 160 valence electrons. The number of hydrogen-bond acceptors (Lipinski definition) is 11. The molecular weight excluding hydrogens is 559 g/mol. The largest absolute Gasteiger partial charge is 1.00 e. The van der Waals surface area contributed by atoms with E-state index in [2.05, 4.69) is 17.2 Å². The zero-order chi connectivity index (χ0) is 22.9. The first-order valence-corrected chi connectivity index (χ1v) is 12.6. The summed E-state index contributed by atoms with van der Waals surface area (Å²) in [6.45, 7) is 0. The van der Waals surface area contributed by atoms with Gasteiger partial charge in [-0.2, -0.15) is 4.99 Å². The molecule has 0 bridgehead atoms. The van der Waals surface area contributed by atoms with E-state index in [0.29, 0.717) is 6.07 Å². The molecule has 0 fully saturated rings. The third-order valence-corrected chi connectivity index (χ3v) is 7.48. The molecular formula is C17H6NNa3O9S4. The SMILES string of the molecule is O=S(=O)([O-])c1c(N=C=S)cc2ccc3c(S(=O)(=O)[O-])cc(S(=O)(=O)[O-])c4ccc1c2c34.[Na+].[Na+].[Na+]. The van der Waals surface area contributed by atoms with Crippen LogP contribution in [-0.2, 0) is 30.4 Å². The van der Waals surface area contributed by atoms with E-state index < -0.39 is 45.0 Å². The van der Waals surface area contributed by atoms with Gasteiger partial charge in [-0.25, -0.2) is 25.3 Å². The predicted molar refractivity (Wildman–Crippen MR) is 109 cm³/mol. The van der Waals surface area contributed by atoms with Gasteiger partial charge in [0.2, 0.25) is 0 Å². The maximum Gasteiger partial charge on any atom is 1.00 e. The van der Waals surface area contributed by atoms with E-state index in [9.17, 15) is 38.9 Å². The summed E-state index contributed by atoms with van der Waals surface area (Å²) in [6.07, 6.45) is 0. The molecule has 0 heterocycles. The van der Waals surface area contributed by atoms with Crippen LogP contribution in [0.2, 0.25) is 0 Å². The van der Waals surface area contributed by atoms with E-state index in [0.717, 1.165) is 18.2 Å². The predicted octanol–water partition coefficient (Wildman–Crippen LogP) is -6.96. The van der Waals surface area contributed by atoms with Crippen LogP contribution in [0.1, 0.15) is 0 Å². The number of isothiocyanates is 1. The van der Waals surface area contributed by atoms with Gasteiger partial charge in [-0.05, 0) is 40.5 Å². The Bertz CT molecular complexity index is 1760. The molecule has 34 heavy (non-hydrogen) atoms. The minimum atomic E-state index is -5.24. The van der Waals surface area contributed by atoms with Crippen molar-refractivity contribution in [2.75, 3.05) is 0 Å². The van der Waals surface area contributed by atoms with Crippen molar-refractivity contribution in [2.24, 2.45) is 4.99 Å². The molecule has 0 saturated heterocycles. The van der Waals surface area contributed by atoms with Crippen molar-refractivity contribution < 1.29 is 128 Å². The Hall–Kier alpha value is 0.450. The summed E-state index contributed by atoms with van der Waals surface area (Å²) in [6, 6.07) is 6.31. The normalized spacial score (nSPS) is 12.0. The van der Waals surface area contributed by atoms with Crippen LogP contribution in [0.15, 0.2) is 56.1 Å². The average Bonchev–Trinajstić information content (AvgIpc) is 2.62. The Balaban J connectivity index is 0.00000193. The smallest absolute Gasteiger partial charge is 0.744 e. The van der Waals surface area contributed by atoms with Crippen molar-refractivity contribution in [1.82, 2.24) is 0 Å². The number of hydrogen-bond donors (Lipinski definition) is 0. The second-order valence-electron chi connectivity index (χ2n) is 6.41. The van der Waals surface area contributed by atoms with Gasteiger partial charge in [-0.15, -0.1) is 0 Å². The maximum atomic E-state index is 12.0. The second-order valence-corrected chi connectivity index (χ2v) is 10.6. The van der Waals surface area contributed by atoms with Crippen LogP contribution in [0.4, 0.5) is 5.69 Å². The minimum Gasteiger partial charge on any atom is -0.744 e. The molecule has 0 radical (unpaired) electrons. The maximum absolute atomic E-state index is 12.0. The van der Waals surface area contributed by atoms with Gasteiger partial charge < -0.3 is 13.7 Å². The first kappa shape index (κ1) is 32.5. The average molecular weight is 565 g/mol. The molecule has 10 nitrogen and oxygen atoms in total. The van der Waals surface area contributed by atoms with Gasteiger partial charge in [0.1, 0.15) is 30.4 Å². The molecule has 4 aromatic carbocycles. The van der Waals surface area contributed by atoms with E-state index in [-0.39, 0.29) is 127 Å². The molecule has 0 atom stereocenters. The zero-order valence-corrected chi connectivity index (χ0v) is 27.0. The van der Waals surface area contributed by atoms with Crippen molar-refractivity contribution >= 4 is 85.7 Å². The fourth-order valence-corrected chi connectivity index (χ4v) is 6.05. The van der Waals surface area contributed by atoms with E-state index in [4.69, 9.17) is 0 Å². The Labute approximate surface area is 265 Å². The molecule has 0 aromatic heterocycles. The Morgan fingerprint density at radius 1 is 0.676 bits per heavy atom. The van der Waals surface area contributed by atoms with Crippen LogP contribution >= 0.6 is 12.2 Å². The standard InChI is InChI=1S/C17H9NO9S4.3Na/c19-29(20,21)13-6-14(30(22,23)24)10-3-4-11-15-8(1-2-9(13)16(10)15)5-12(18-7-28)17(11)31(25,26)27;;;/h1-6H,(H,19,20,21)(H,22,23,24)(H,25,26,27);;;/q;3*+1/p-3. The summed E-state index contributed by atoms with van der Waals surface area (Å²) in [4.78, 5) is 0.857. The molecule has 0 N–H and O–H groups in total. The van der Waals surface area contributed by atoms with Crippen LogP contribution in [0.25, 0.3) is 32.3 Å². The third kappa shape index (κ3) is 5.64. The van der Waals surface area contributed by atoms with E-state index in [1.54, 1.807) is 0 Å². The van der Waals surface area contributed by atoms with Crippen LogP contribution in [0, 0.1) is 0 Å². The topological polar surface area (TPSA) is 184 Å². The molecule has 0 aliphatic heterocycles. The third-order valence-electron chi connectivity index (χ3n) is 4.71. The number of benzene rings is 4. The number of rotatable bonds is 4. The molecule has 0 saturated carbocycles. The van der Waals surface area contributed by atoms with E-state index >= 15 is 0 Å². The fourth-order valence-electron chi connectivity index (χ4n) is 3.68. The first-order chi connectivity index (χ1) is 14.2. The number of nitrogens with zero attached hydrogens (tertiary/aromatic N) is 1. The van der Waals surface area contributed by atoms with Crippen molar-refractivity contribution in [3.63, 3.8) is 0 Å². The quantitative estimate of drug-likeness (QED) is 0.0757. The van der Waals surface area contributed by atoms with Gasteiger partial charge in [0.05, 0.1) is 25.5 Å². The summed E-state index contributed by atoms with van der Waals surface area (Å²) in [7, 11) is -15.6. The molecule has 4 rings (SSSR count). The molecule has 0 aliphatic rings. The summed E-state index contributed by atoms with van der Waals surface area (Å²) < 4.78 is 107. The summed E-state index contributed by atoms with van der Waals surface area (Å²) >= 11 is 4.49. The summed E-state index contributed by atoms with van der Waals surface area (Å²) in [5, 5.41) is 1.27. The van der Waals surface area contributed by atoms with Gasteiger partial charge in [0.15, 0.2) is 0 Å². The van der Waals surface area contributed by atoms with Crippen LogP contribution in [0.5, 0.6) is 0 Å². The molecule has 0 spiro atoms. The second kappa shape index (κ2) is 11.1. The number of thiocarbonyl (C=S) groups is 1. The van der Waals surface area contributed by atoms with Gasteiger partial charge in [-0.3, -0.25) is 0 Å². The first-order valence-electron chi connectivity index (χ1n) is 7.99. The van der Waals surface area contributed by atoms with Gasteiger partial charge in [0.25, 0.3) is 0 Å². The Morgan fingerprint density at radius 2 is 1.15 bits per heavy atom. The minimum absolute atomic E-state index is 0. The van der Waals surface area contributed by atoms with Crippen LogP contribution in [0.3, 0.4) is 0 Å². The van der Waals surface area contributed by atoms with Gasteiger partial charge >= 0.3 is 88.7 Å². The fraction of sp³-hybridized carbons (Fsp3) is 0. The van der Waals surface area contributed by atoms with Crippen molar-refractivity contribution in [3.05, 3.63) is 36.4 Å². The molecule has 17 heteroatoms. The summed E-state index contributed by atoms with van der Waals surface area (Å²) in [5.74, 6) is 0. The Kier molecular flexibility index (Phi) is 10.6. The van der Waals surface area contributed by atoms with Gasteiger partial charge in [0, 0.05) is 16.2 Å². The van der Waals surface area contributed by atoms with E-state index in [1.807, 2.05) is 5.16 Å². The van der Waals surface area contributed by atoms with E-state index in [1.165, 1.54) is 12.1 Å². The molecule has 0 aliphatic carbocycles. The van der Waals surface area contributed by atoms with Crippen LogP contribution < -0.4 is 88.7 Å². The van der Waals surface area contributed by atoms with Crippen LogP contribution in [-0.4, -0.2) is 44.1 Å². The Morgan fingerprint density at radius 3 is 1.59 bits per heavy atom. The number of aliphatic imine (C=N–C) groups is 1. The van der Waals surface area contributed by atoms with Crippen molar-refractivity contribution in [3.8, 4) is 0 Å². The van der Waals surface area contributed by atoms with Crippen molar-refractivity contribution in [2.45, 2.75) is 14.7 Å². The summed E-state index contributed by atoms with van der Waals surface area (Å²) in [5.41, 5.74) is -0.329. The molecule has 0 unspecified atom stereocenters. The molecule has 4 aromatic rings. The van der Waals surface area contributed by atoms with Gasteiger partial charge in [-0.1, -0.05) is 24.3 Å². The van der Waals surface area contributed by atoms with Crippen molar-refractivity contribution in [1.29, 1.82) is 0 Å². The monoisotopic (exact) mass is 565 g/mol.